The van der Waals surface area contributed by atoms with Crippen molar-refractivity contribution >= 4 is 11.9 Å². The summed E-state index contributed by atoms with van der Waals surface area (Å²) in [6.45, 7) is 3.95. The summed E-state index contributed by atoms with van der Waals surface area (Å²) in [6, 6.07) is 0. The highest BCUT2D eigenvalue weighted by Crippen LogP contribution is 2.14. The first-order valence-corrected chi connectivity index (χ1v) is 19.5. The van der Waals surface area contributed by atoms with E-state index in [1.165, 1.54) is 77.0 Å². The van der Waals surface area contributed by atoms with E-state index in [0.717, 1.165) is 57.8 Å². The van der Waals surface area contributed by atoms with Crippen molar-refractivity contribution in [3.8, 4) is 0 Å². The van der Waals surface area contributed by atoms with Gasteiger partial charge in [-0.1, -0.05) is 177 Å². The molecule has 1 atom stereocenters. The Hall–Kier alpha value is -2.66. The number of unbranched alkanes of at least 4 members (excludes halogenated alkanes) is 14. The van der Waals surface area contributed by atoms with E-state index in [1.807, 2.05) is 12.2 Å². The van der Waals surface area contributed by atoms with E-state index in [1.54, 1.807) is 0 Å². The Bertz CT molecular complexity index is 895. The molecule has 0 aliphatic heterocycles. The first kappa shape index (κ1) is 45.3. The predicted octanol–water partition coefficient (Wildman–Crippen LogP) is 12.2. The lowest BCUT2D eigenvalue weighted by molar-refractivity contribution is -0.161. The fourth-order valence-corrected chi connectivity index (χ4v) is 5.11. The van der Waals surface area contributed by atoms with Crippen LogP contribution in [0.3, 0.4) is 0 Å². The van der Waals surface area contributed by atoms with Gasteiger partial charge in [0.2, 0.25) is 0 Å². The number of esters is 2. The summed E-state index contributed by atoms with van der Waals surface area (Å²) in [5, 5.41) is 9.54. The molecule has 0 saturated heterocycles. The van der Waals surface area contributed by atoms with E-state index in [4.69, 9.17) is 9.47 Å². The van der Waals surface area contributed by atoms with Gasteiger partial charge in [-0.3, -0.25) is 9.59 Å². The van der Waals surface area contributed by atoms with Crippen LogP contribution >= 0.6 is 0 Å². The summed E-state index contributed by atoms with van der Waals surface area (Å²) in [5.41, 5.74) is 0. The first-order chi connectivity index (χ1) is 23.6. The minimum absolute atomic E-state index is 0.107. The Balaban J connectivity index is 3.70. The monoisotopic (exact) mass is 669 g/mol. The topological polar surface area (TPSA) is 72.8 Å². The molecule has 0 radical (unpaired) electrons. The Morgan fingerprint density at radius 3 is 1.31 bits per heavy atom. The molecule has 0 rings (SSSR count). The van der Waals surface area contributed by atoms with Gasteiger partial charge in [0.25, 0.3) is 0 Å². The van der Waals surface area contributed by atoms with Gasteiger partial charge in [0.05, 0.1) is 6.61 Å². The molecule has 1 N–H and O–H groups in total. The average molecular weight is 669 g/mol. The van der Waals surface area contributed by atoms with Gasteiger partial charge >= 0.3 is 11.9 Å². The van der Waals surface area contributed by atoms with Gasteiger partial charge in [0.1, 0.15) is 6.61 Å². The van der Waals surface area contributed by atoms with Gasteiger partial charge in [-0.15, -0.1) is 0 Å². The number of carbonyl (C=O) groups excluding carboxylic acids is 2. The van der Waals surface area contributed by atoms with Crippen molar-refractivity contribution in [2.24, 2.45) is 0 Å². The van der Waals surface area contributed by atoms with E-state index in [-0.39, 0.29) is 31.6 Å². The molecule has 0 aromatic rings. The standard InChI is InChI=1S/C43H72O5/c1-3-5-7-9-11-13-15-17-19-20-21-22-24-25-27-29-31-33-35-37-42(45)47-40-41(39-44)48-43(46)38-36-34-32-30-28-26-23-18-16-14-12-10-8-6-4-2/h5,7,11,13,17,19,21-22,25,27,31,33,41,44H,3-4,6,8-10,12,14-16,18,20,23-24,26,28-30,32,34-40H2,1-2H3. The molecule has 5 heteroatoms. The molecule has 48 heavy (non-hydrogen) atoms. The number of allylic oxidation sites excluding steroid dienone is 12. The summed E-state index contributed by atoms with van der Waals surface area (Å²) >= 11 is 0. The number of rotatable bonds is 34. The molecular formula is C43H72O5. The number of carbonyl (C=O) groups is 2. The van der Waals surface area contributed by atoms with Crippen LogP contribution in [0.4, 0.5) is 0 Å². The third-order valence-corrected chi connectivity index (χ3v) is 8.03. The molecule has 274 valence electrons. The highest BCUT2D eigenvalue weighted by molar-refractivity contribution is 5.70. The lowest BCUT2D eigenvalue weighted by atomic mass is 10.0. The second kappa shape index (κ2) is 38.8. The number of hydrogen-bond acceptors (Lipinski definition) is 5. The lowest BCUT2D eigenvalue weighted by Crippen LogP contribution is -2.28. The third kappa shape index (κ3) is 36.2. The number of ether oxygens (including phenoxy) is 2. The molecule has 0 aromatic heterocycles. The number of hydrogen-bond donors (Lipinski definition) is 1. The summed E-state index contributed by atoms with van der Waals surface area (Å²) in [5.74, 6) is -0.691. The molecule has 0 heterocycles. The zero-order chi connectivity index (χ0) is 35.0. The Morgan fingerprint density at radius 2 is 0.896 bits per heavy atom. The first-order valence-electron chi connectivity index (χ1n) is 19.5. The SMILES string of the molecule is CCC=CCC=CCC=CCC=CCC=CCC=CCCC(=O)OCC(CO)OC(=O)CCCCCCCCCCCCCCCCC. The second-order valence-electron chi connectivity index (χ2n) is 12.6. The molecule has 0 fully saturated rings. The maximum atomic E-state index is 12.2. The summed E-state index contributed by atoms with van der Waals surface area (Å²) < 4.78 is 10.5. The van der Waals surface area contributed by atoms with E-state index in [2.05, 4.69) is 74.6 Å². The van der Waals surface area contributed by atoms with E-state index in [0.29, 0.717) is 12.8 Å². The number of aliphatic hydroxyl groups excluding tert-OH is 1. The van der Waals surface area contributed by atoms with Crippen LogP contribution < -0.4 is 0 Å². The van der Waals surface area contributed by atoms with Crippen molar-refractivity contribution in [3.63, 3.8) is 0 Å². The Labute approximate surface area is 295 Å². The maximum Gasteiger partial charge on any atom is 0.306 e. The number of aliphatic hydroxyl groups is 1. The molecule has 1 unspecified atom stereocenters. The van der Waals surface area contributed by atoms with Crippen molar-refractivity contribution in [1.82, 2.24) is 0 Å². The van der Waals surface area contributed by atoms with Gasteiger partial charge in [0.15, 0.2) is 6.10 Å². The van der Waals surface area contributed by atoms with Crippen LogP contribution in [-0.4, -0.2) is 36.4 Å². The molecule has 0 aliphatic carbocycles. The second-order valence-corrected chi connectivity index (χ2v) is 12.6. The van der Waals surface area contributed by atoms with Crippen LogP contribution in [0.25, 0.3) is 0 Å². The third-order valence-electron chi connectivity index (χ3n) is 8.03. The lowest BCUT2D eigenvalue weighted by Gasteiger charge is -2.15. The zero-order valence-corrected chi connectivity index (χ0v) is 31.0. The van der Waals surface area contributed by atoms with E-state index < -0.39 is 6.10 Å². The Kier molecular flexibility index (Phi) is 36.6. The van der Waals surface area contributed by atoms with Gasteiger partial charge < -0.3 is 14.6 Å². The maximum absolute atomic E-state index is 12.2. The molecule has 0 amide bonds. The van der Waals surface area contributed by atoms with Crippen molar-refractivity contribution in [2.75, 3.05) is 13.2 Å². The fourth-order valence-electron chi connectivity index (χ4n) is 5.11. The highest BCUT2D eigenvalue weighted by atomic mass is 16.6. The molecular weight excluding hydrogens is 596 g/mol. The van der Waals surface area contributed by atoms with Crippen molar-refractivity contribution < 1.29 is 24.2 Å². The predicted molar refractivity (Wildman–Crippen MR) is 205 cm³/mol. The minimum Gasteiger partial charge on any atom is -0.462 e. The molecule has 0 aromatic carbocycles. The molecule has 0 spiro atoms. The van der Waals surface area contributed by atoms with Crippen molar-refractivity contribution in [1.29, 1.82) is 0 Å². The Morgan fingerprint density at radius 1 is 0.500 bits per heavy atom. The minimum atomic E-state index is -0.802. The molecule has 0 saturated carbocycles. The molecule has 0 aliphatic rings. The van der Waals surface area contributed by atoms with Crippen LogP contribution in [0.2, 0.25) is 0 Å². The van der Waals surface area contributed by atoms with Crippen molar-refractivity contribution in [2.45, 2.75) is 174 Å². The normalized spacial score (nSPS) is 13.0. The zero-order valence-electron chi connectivity index (χ0n) is 31.0. The summed E-state index contributed by atoms with van der Waals surface area (Å²) in [7, 11) is 0. The smallest absolute Gasteiger partial charge is 0.306 e. The summed E-state index contributed by atoms with van der Waals surface area (Å²) in [4.78, 5) is 24.2. The molecule has 5 nitrogen and oxygen atoms in total. The largest absolute Gasteiger partial charge is 0.462 e. The quantitative estimate of drug-likeness (QED) is 0.0420. The summed E-state index contributed by atoms with van der Waals surface area (Å²) in [6.07, 6.45) is 51.1. The van der Waals surface area contributed by atoms with Crippen LogP contribution in [0.1, 0.15) is 168 Å². The van der Waals surface area contributed by atoms with Gasteiger partial charge in [-0.2, -0.15) is 0 Å². The molecule has 0 bridgehead atoms. The van der Waals surface area contributed by atoms with Crippen molar-refractivity contribution in [3.05, 3.63) is 72.9 Å². The van der Waals surface area contributed by atoms with Gasteiger partial charge in [-0.25, -0.2) is 0 Å². The highest BCUT2D eigenvalue weighted by Gasteiger charge is 2.15. The van der Waals surface area contributed by atoms with Crippen LogP contribution in [0.15, 0.2) is 72.9 Å². The van der Waals surface area contributed by atoms with Crippen LogP contribution in [-0.2, 0) is 19.1 Å². The average Bonchev–Trinajstić information content (AvgIpc) is 3.09. The van der Waals surface area contributed by atoms with E-state index in [9.17, 15) is 14.7 Å². The fraction of sp³-hybridized carbons (Fsp3) is 0.674. The van der Waals surface area contributed by atoms with Gasteiger partial charge in [-0.05, 0) is 51.4 Å². The van der Waals surface area contributed by atoms with Crippen LogP contribution in [0.5, 0.6) is 0 Å². The van der Waals surface area contributed by atoms with Crippen LogP contribution in [0, 0.1) is 0 Å². The van der Waals surface area contributed by atoms with Gasteiger partial charge in [0, 0.05) is 12.8 Å². The van der Waals surface area contributed by atoms with E-state index >= 15 is 0 Å².